The Balaban J connectivity index is 0.000000191. The highest BCUT2D eigenvalue weighted by Gasteiger charge is 2.24. The molecule has 496 valence electrons. The highest BCUT2D eigenvalue weighted by Crippen LogP contribution is 2.45. The average Bonchev–Trinajstić information content (AvgIpc) is 0.826. The van der Waals surface area contributed by atoms with E-state index < -0.39 is 46.1 Å². The van der Waals surface area contributed by atoms with Crippen LogP contribution in [0.4, 0.5) is 0 Å². The van der Waals surface area contributed by atoms with Gasteiger partial charge in [-0.2, -0.15) is 0 Å². The molecule has 20 heteroatoms. The van der Waals surface area contributed by atoms with Gasteiger partial charge in [-0.15, -0.1) is 0 Å². The molecule has 0 unspecified atom stereocenters. The molecule has 11 N–H and O–H groups in total. The summed E-state index contributed by atoms with van der Waals surface area (Å²) in [6.45, 7) is 2.85. The Bertz CT molecular complexity index is 4200. The standard InChI is InChI=1S/C21H26O3.C15H14O5.C14H12O4.C13H10O5.C13H10O3/c1-2-3-4-5-6-10-15-24-18-13-14-19(20(22)16-18)21(23)17-11-8-7-9-12-17;1-19-9-3-5-11(13(16)7-9)15(18)12-6-4-10(20-2)8-14(12)17;1-18-11-8-7-10(13(16)14(11)17)12(15)9-5-3-2-4-6-9;14-9-6-8(11(16)13(18)12(9)17)10(15)7-4-2-1-3-5-7;14-10-6-7-11(12(15)8-10)13(16)9-4-2-1-3-5-9/h7-9,11-14,16,22H,2-6,10,15H2,1H3;3-8,16-17H,1-2H3;2-8,16-17H,1H3;1-6,14,16-18H;1-8,14-15H. The molecule has 0 radical (unpaired) electrons. The lowest BCUT2D eigenvalue weighted by Crippen LogP contribution is -2.02. The minimum atomic E-state index is -0.922. The van der Waals surface area contributed by atoms with Gasteiger partial charge in [0.1, 0.15) is 46.0 Å². The molecule has 0 aromatic heterocycles. The predicted octanol–water partition coefficient (Wildman–Crippen LogP) is 14.1. The van der Waals surface area contributed by atoms with Gasteiger partial charge in [0.15, 0.2) is 51.9 Å². The monoisotopic (exact) mass is 1300 g/mol. The van der Waals surface area contributed by atoms with Crippen LogP contribution in [0.15, 0.2) is 212 Å². The molecule has 0 spiro atoms. The fourth-order valence-electron chi connectivity index (χ4n) is 9.08. The van der Waals surface area contributed by atoms with Crippen molar-refractivity contribution in [3.8, 4) is 86.2 Å². The quantitative estimate of drug-likeness (QED) is 0.0138. The highest BCUT2D eigenvalue weighted by molar-refractivity contribution is 6.14. The second-order valence-electron chi connectivity index (χ2n) is 20.9. The molecule has 0 aliphatic carbocycles. The van der Waals surface area contributed by atoms with Gasteiger partial charge >= 0.3 is 0 Å². The Morgan fingerprint density at radius 1 is 0.292 bits per heavy atom. The minimum Gasteiger partial charge on any atom is -0.508 e. The van der Waals surface area contributed by atoms with Crippen LogP contribution < -0.4 is 18.9 Å². The summed E-state index contributed by atoms with van der Waals surface area (Å²) < 4.78 is 20.4. The SMILES string of the molecule is CCCCCCCCOc1ccc(C(=O)c2ccccc2)c(O)c1.COc1ccc(C(=O)c2ccc(OC)cc2O)c(O)c1.COc1ccc(C(=O)c2ccccc2)c(O)c1O.O=C(c1ccccc1)c1cc(O)c(O)c(O)c1O.O=C(c1ccccc1)c1ccc(O)cc1O. The van der Waals surface area contributed by atoms with Crippen LogP contribution in [0.25, 0.3) is 0 Å². The average molecular weight is 1310 g/mol. The van der Waals surface area contributed by atoms with Crippen molar-refractivity contribution in [1.82, 2.24) is 0 Å². The number of aromatic hydroxyl groups is 11. The number of rotatable bonds is 21. The summed E-state index contributed by atoms with van der Waals surface area (Å²) in [6.07, 6.45) is 7.25. The summed E-state index contributed by atoms with van der Waals surface area (Å²) in [5.74, 6) is -5.10. The molecule has 0 fully saturated rings. The van der Waals surface area contributed by atoms with E-state index in [0.29, 0.717) is 46.1 Å². The van der Waals surface area contributed by atoms with Crippen molar-refractivity contribution in [2.24, 2.45) is 0 Å². The number of hydrogen-bond acceptors (Lipinski definition) is 20. The number of unbranched alkanes of at least 4 members (excludes halogenated alkanes) is 5. The number of methoxy groups -OCH3 is 3. The molecule has 20 nitrogen and oxygen atoms in total. The minimum absolute atomic E-state index is 0.0377. The lowest BCUT2D eigenvalue weighted by atomic mass is 10.0. The number of phenols is 11. The van der Waals surface area contributed by atoms with Gasteiger partial charge in [-0.25, -0.2) is 0 Å². The number of hydrogen-bond donors (Lipinski definition) is 11. The molecule has 0 amide bonds. The number of benzene rings is 10. The smallest absolute Gasteiger partial charge is 0.205 e. The molecule has 10 aromatic rings. The van der Waals surface area contributed by atoms with Crippen molar-refractivity contribution < 1.29 is 99.1 Å². The van der Waals surface area contributed by atoms with Gasteiger partial charge in [0.2, 0.25) is 17.2 Å². The van der Waals surface area contributed by atoms with Gasteiger partial charge in [-0.1, -0.05) is 160 Å². The van der Waals surface area contributed by atoms with Crippen LogP contribution in [0.1, 0.15) is 125 Å². The van der Waals surface area contributed by atoms with Crippen LogP contribution in [-0.4, -0.2) is 113 Å². The number of ether oxygens (including phenoxy) is 4. The molecule has 0 saturated heterocycles. The molecule has 10 rings (SSSR count). The molecule has 0 atom stereocenters. The van der Waals surface area contributed by atoms with Gasteiger partial charge in [-0.3, -0.25) is 24.0 Å². The summed E-state index contributed by atoms with van der Waals surface area (Å²) in [5.41, 5.74) is 2.22. The van der Waals surface area contributed by atoms with Gasteiger partial charge in [0.25, 0.3) is 0 Å². The van der Waals surface area contributed by atoms with Crippen LogP contribution in [0.2, 0.25) is 0 Å². The van der Waals surface area contributed by atoms with Gasteiger partial charge < -0.3 is 75.1 Å². The largest absolute Gasteiger partial charge is 0.508 e. The van der Waals surface area contributed by atoms with E-state index >= 15 is 0 Å². The van der Waals surface area contributed by atoms with Crippen molar-refractivity contribution in [2.45, 2.75) is 45.4 Å². The first-order chi connectivity index (χ1) is 46.1. The van der Waals surface area contributed by atoms with Gasteiger partial charge in [-0.05, 0) is 73.2 Å². The van der Waals surface area contributed by atoms with E-state index in [9.17, 15) is 75.0 Å². The maximum absolute atomic E-state index is 12.4. The summed E-state index contributed by atoms with van der Waals surface area (Å²) in [4.78, 5) is 60.7. The Hall–Kier alpha value is -12.5. The van der Waals surface area contributed by atoms with Crippen LogP contribution in [0.5, 0.6) is 86.2 Å². The molecule has 0 aliphatic rings. The zero-order valence-corrected chi connectivity index (χ0v) is 52.8. The van der Waals surface area contributed by atoms with E-state index in [1.54, 1.807) is 109 Å². The lowest BCUT2D eigenvalue weighted by Gasteiger charge is -2.09. The Morgan fingerprint density at radius 3 is 1.06 bits per heavy atom. The normalized spacial score (nSPS) is 10.2. The fraction of sp³-hybridized carbons (Fsp3) is 0.145. The first kappa shape index (κ1) is 72.6. The molecule has 10 aromatic carbocycles. The zero-order chi connectivity index (χ0) is 69.8. The summed E-state index contributed by atoms with van der Waals surface area (Å²) in [7, 11) is 4.30. The summed E-state index contributed by atoms with van der Waals surface area (Å²) >= 11 is 0. The van der Waals surface area contributed by atoms with E-state index in [0.717, 1.165) is 25.0 Å². The molecule has 0 bridgehead atoms. The van der Waals surface area contributed by atoms with Crippen molar-refractivity contribution in [1.29, 1.82) is 0 Å². The molecular weight excluding hydrogens is 1230 g/mol. The predicted molar refractivity (Wildman–Crippen MR) is 358 cm³/mol. The van der Waals surface area contributed by atoms with E-state index in [4.69, 9.17) is 24.1 Å². The maximum atomic E-state index is 12.4. The topological polar surface area (TPSA) is 345 Å². The molecule has 96 heavy (non-hydrogen) atoms. The number of phenolic OH excluding ortho intramolecular Hbond substituents is 11. The third kappa shape index (κ3) is 19.8. The number of carbonyl (C=O) groups is 5. The Morgan fingerprint density at radius 2 is 0.646 bits per heavy atom. The number of ketones is 5. The van der Waals surface area contributed by atoms with Gasteiger partial charge in [0.05, 0.1) is 61.3 Å². The summed E-state index contributed by atoms with van der Waals surface area (Å²) in [6, 6.07) is 55.5. The summed E-state index contributed by atoms with van der Waals surface area (Å²) in [5, 5.41) is 105. The highest BCUT2D eigenvalue weighted by atomic mass is 16.5. The lowest BCUT2D eigenvalue weighted by molar-refractivity contribution is 0.102. The molecule has 0 saturated carbocycles. The zero-order valence-electron chi connectivity index (χ0n) is 52.8. The van der Waals surface area contributed by atoms with Crippen molar-refractivity contribution in [2.75, 3.05) is 27.9 Å². The molecule has 0 heterocycles. The van der Waals surface area contributed by atoms with Crippen molar-refractivity contribution >= 4 is 28.9 Å². The van der Waals surface area contributed by atoms with E-state index in [1.165, 1.54) is 114 Å². The van der Waals surface area contributed by atoms with Crippen LogP contribution in [0, 0.1) is 0 Å². The molecular formula is C76H72O20. The molecule has 0 aliphatic heterocycles. The Kier molecular flexibility index (Phi) is 27.2. The van der Waals surface area contributed by atoms with Crippen molar-refractivity contribution in [3.05, 3.63) is 268 Å². The first-order valence-corrected chi connectivity index (χ1v) is 29.9. The van der Waals surface area contributed by atoms with Crippen LogP contribution >= 0.6 is 0 Å². The Labute approximate surface area is 553 Å². The third-order valence-electron chi connectivity index (χ3n) is 14.3. The fourth-order valence-corrected chi connectivity index (χ4v) is 9.08. The number of carbonyl (C=O) groups excluding carboxylic acids is 5. The third-order valence-corrected chi connectivity index (χ3v) is 14.3. The van der Waals surface area contributed by atoms with E-state index in [-0.39, 0.29) is 85.2 Å². The van der Waals surface area contributed by atoms with Crippen molar-refractivity contribution in [3.63, 3.8) is 0 Å². The van der Waals surface area contributed by atoms with Gasteiger partial charge in [0, 0.05) is 46.5 Å². The van der Waals surface area contributed by atoms with Crippen LogP contribution in [0.3, 0.4) is 0 Å². The van der Waals surface area contributed by atoms with Crippen LogP contribution in [-0.2, 0) is 0 Å². The van der Waals surface area contributed by atoms with E-state index in [1.807, 2.05) is 24.3 Å². The second kappa shape index (κ2) is 36.0. The van der Waals surface area contributed by atoms with E-state index in [2.05, 4.69) is 6.92 Å². The second-order valence-corrected chi connectivity index (χ2v) is 20.9. The maximum Gasteiger partial charge on any atom is 0.205 e. The first-order valence-electron chi connectivity index (χ1n) is 29.9.